The van der Waals surface area contributed by atoms with E-state index in [-0.39, 0.29) is 24.1 Å². The van der Waals surface area contributed by atoms with Crippen molar-refractivity contribution in [1.29, 1.82) is 0 Å². The SMILES string of the molecule is COC(=O)C1=C(c2cc3ccccc3s2)C[C@@H]2CC[C@H]1N2C(=O)NCc1ccccc1. The number of ether oxygens (including phenoxy) is 1. The smallest absolute Gasteiger partial charge is 0.336 e. The van der Waals surface area contributed by atoms with Gasteiger partial charge in [0.05, 0.1) is 18.7 Å². The lowest BCUT2D eigenvalue weighted by Crippen LogP contribution is -2.50. The number of fused-ring (bicyclic) bond motifs is 3. The zero-order valence-electron chi connectivity index (χ0n) is 17.3. The molecule has 0 saturated carbocycles. The van der Waals surface area contributed by atoms with E-state index >= 15 is 0 Å². The van der Waals surface area contributed by atoms with Gasteiger partial charge in [0.25, 0.3) is 0 Å². The summed E-state index contributed by atoms with van der Waals surface area (Å²) in [6.45, 7) is 0.468. The topological polar surface area (TPSA) is 58.6 Å². The maximum Gasteiger partial charge on any atom is 0.336 e. The molecule has 1 aromatic heterocycles. The maximum absolute atomic E-state index is 13.1. The third-order valence-electron chi connectivity index (χ3n) is 6.25. The van der Waals surface area contributed by atoms with Crippen LogP contribution in [0.1, 0.15) is 29.7 Å². The number of carbonyl (C=O) groups is 2. The lowest BCUT2D eigenvalue weighted by Gasteiger charge is -2.36. The molecule has 158 valence electrons. The van der Waals surface area contributed by atoms with E-state index < -0.39 is 0 Å². The van der Waals surface area contributed by atoms with Gasteiger partial charge in [-0.05, 0) is 47.9 Å². The Bertz CT molecular complexity index is 1130. The first kappa shape index (κ1) is 19.8. The number of thiophene rings is 1. The lowest BCUT2D eigenvalue weighted by atomic mass is 9.92. The van der Waals surface area contributed by atoms with Crippen LogP contribution in [0.2, 0.25) is 0 Å². The van der Waals surface area contributed by atoms with Crippen molar-refractivity contribution >= 4 is 39.0 Å². The molecule has 0 spiro atoms. The number of urea groups is 1. The fourth-order valence-electron chi connectivity index (χ4n) is 4.82. The molecular formula is C25H24N2O3S. The van der Waals surface area contributed by atoms with E-state index in [0.717, 1.165) is 28.9 Å². The summed E-state index contributed by atoms with van der Waals surface area (Å²) in [6, 6.07) is 20.0. The van der Waals surface area contributed by atoms with Gasteiger partial charge in [-0.1, -0.05) is 48.5 Å². The number of hydrogen-bond donors (Lipinski definition) is 1. The molecule has 0 radical (unpaired) electrons. The predicted octanol–water partition coefficient (Wildman–Crippen LogP) is 4.97. The number of esters is 1. The maximum atomic E-state index is 13.1. The second kappa shape index (κ2) is 8.19. The van der Waals surface area contributed by atoms with Gasteiger partial charge in [0.2, 0.25) is 0 Å². The summed E-state index contributed by atoms with van der Waals surface area (Å²) < 4.78 is 6.37. The molecule has 2 aliphatic rings. The zero-order chi connectivity index (χ0) is 21.4. The van der Waals surface area contributed by atoms with Gasteiger partial charge in [-0.2, -0.15) is 0 Å². The molecule has 0 aliphatic carbocycles. The zero-order valence-corrected chi connectivity index (χ0v) is 18.2. The Hall–Kier alpha value is -3.12. The minimum absolute atomic E-state index is 0.0920. The summed E-state index contributed by atoms with van der Waals surface area (Å²) in [5, 5.41) is 4.21. The van der Waals surface area contributed by atoms with Crippen molar-refractivity contribution in [2.45, 2.75) is 37.9 Å². The van der Waals surface area contributed by atoms with Crippen molar-refractivity contribution in [2.24, 2.45) is 0 Å². The van der Waals surface area contributed by atoms with Crippen molar-refractivity contribution in [3.8, 4) is 0 Å². The van der Waals surface area contributed by atoms with Gasteiger partial charge < -0.3 is 15.0 Å². The van der Waals surface area contributed by atoms with Crippen molar-refractivity contribution in [3.05, 3.63) is 76.7 Å². The fraction of sp³-hybridized carbons (Fsp3) is 0.280. The van der Waals surface area contributed by atoms with Crippen molar-refractivity contribution in [1.82, 2.24) is 10.2 Å². The average Bonchev–Trinajstić information content (AvgIpc) is 3.37. The van der Waals surface area contributed by atoms with Crippen LogP contribution in [0.5, 0.6) is 0 Å². The molecule has 5 nitrogen and oxygen atoms in total. The van der Waals surface area contributed by atoms with Crippen molar-refractivity contribution in [3.63, 3.8) is 0 Å². The van der Waals surface area contributed by atoms with Gasteiger partial charge in [0, 0.05) is 22.2 Å². The molecule has 6 heteroatoms. The van der Waals surface area contributed by atoms with Crippen LogP contribution >= 0.6 is 11.3 Å². The summed E-state index contributed by atoms with van der Waals surface area (Å²) >= 11 is 1.70. The number of carbonyl (C=O) groups excluding carboxylic acids is 2. The molecule has 2 aromatic carbocycles. The molecule has 1 fully saturated rings. The van der Waals surface area contributed by atoms with Gasteiger partial charge in [-0.15, -0.1) is 11.3 Å². The number of amides is 2. The minimum atomic E-state index is -0.335. The first-order valence-corrected chi connectivity index (χ1v) is 11.4. The quantitative estimate of drug-likeness (QED) is 0.592. The highest BCUT2D eigenvalue weighted by atomic mass is 32.1. The van der Waals surface area contributed by atoms with Crippen LogP contribution in [0.15, 0.2) is 66.2 Å². The first-order valence-electron chi connectivity index (χ1n) is 10.6. The molecule has 2 amide bonds. The van der Waals surface area contributed by atoms with E-state index in [4.69, 9.17) is 4.74 Å². The van der Waals surface area contributed by atoms with E-state index in [1.807, 2.05) is 47.4 Å². The fourth-order valence-corrected chi connectivity index (χ4v) is 5.95. The molecule has 1 saturated heterocycles. The molecule has 31 heavy (non-hydrogen) atoms. The molecular weight excluding hydrogens is 408 g/mol. The molecule has 2 aliphatic heterocycles. The van der Waals surface area contributed by atoms with Crippen LogP contribution in [0.3, 0.4) is 0 Å². The molecule has 3 heterocycles. The van der Waals surface area contributed by atoms with E-state index in [1.165, 1.54) is 17.2 Å². The number of hydrogen-bond acceptors (Lipinski definition) is 4. The molecule has 2 bridgehead atoms. The number of benzene rings is 2. The third kappa shape index (κ3) is 3.61. The highest BCUT2D eigenvalue weighted by Gasteiger charge is 2.46. The molecule has 3 aromatic rings. The van der Waals surface area contributed by atoms with Crippen LogP contribution in [-0.4, -0.2) is 36.1 Å². The summed E-state index contributed by atoms with van der Waals surface area (Å²) in [4.78, 5) is 28.9. The minimum Gasteiger partial charge on any atom is -0.466 e. The normalized spacial score (nSPS) is 20.2. The Morgan fingerprint density at radius 1 is 1.10 bits per heavy atom. The molecule has 2 atom stereocenters. The summed E-state index contributed by atoms with van der Waals surface area (Å²) in [7, 11) is 1.42. The van der Waals surface area contributed by atoms with Gasteiger partial charge in [-0.25, -0.2) is 9.59 Å². The Labute approximate surface area is 185 Å². The van der Waals surface area contributed by atoms with E-state index in [9.17, 15) is 9.59 Å². The first-order chi connectivity index (χ1) is 15.2. The van der Waals surface area contributed by atoms with E-state index in [0.29, 0.717) is 18.5 Å². The number of nitrogens with one attached hydrogen (secondary N) is 1. The van der Waals surface area contributed by atoms with Gasteiger partial charge in [0.1, 0.15) is 0 Å². The summed E-state index contributed by atoms with van der Waals surface area (Å²) in [5.41, 5.74) is 2.72. The van der Waals surface area contributed by atoms with Crippen LogP contribution in [0, 0.1) is 0 Å². The summed E-state index contributed by atoms with van der Waals surface area (Å²) in [6.07, 6.45) is 2.34. The summed E-state index contributed by atoms with van der Waals surface area (Å²) in [5.74, 6) is -0.335. The second-order valence-electron chi connectivity index (χ2n) is 8.03. The predicted molar refractivity (Wildman–Crippen MR) is 123 cm³/mol. The van der Waals surface area contributed by atoms with Crippen LogP contribution in [0.25, 0.3) is 15.7 Å². The van der Waals surface area contributed by atoms with Crippen molar-refractivity contribution < 1.29 is 14.3 Å². The Kier molecular flexibility index (Phi) is 5.24. The third-order valence-corrected chi connectivity index (χ3v) is 7.43. The van der Waals surface area contributed by atoms with Crippen LogP contribution in [-0.2, 0) is 16.1 Å². The Morgan fingerprint density at radius 2 is 1.87 bits per heavy atom. The number of nitrogens with zero attached hydrogens (tertiary/aromatic N) is 1. The largest absolute Gasteiger partial charge is 0.466 e. The highest BCUT2D eigenvalue weighted by Crippen LogP contribution is 2.45. The van der Waals surface area contributed by atoms with Gasteiger partial charge in [-0.3, -0.25) is 0 Å². The highest BCUT2D eigenvalue weighted by molar-refractivity contribution is 7.20. The van der Waals surface area contributed by atoms with Crippen LogP contribution < -0.4 is 5.32 Å². The molecule has 0 unspecified atom stereocenters. The number of methoxy groups -OCH3 is 1. The Morgan fingerprint density at radius 3 is 2.65 bits per heavy atom. The van der Waals surface area contributed by atoms with Gasteiger partial charge in [0.15, 0.2) is 0 Å². The van der Waals surface area contributed by atoms with Crippen LogP contribution in [0.4, 0.5) is 4.79 Å². The molecule has 5 rings (SSSR count). The Balaban J connectivity index is 1.47. The van der Waals surface area contributed by atoms with E-state index in [2.05, 4.69) is 23.5 Å². The van der Waals surface area contributed by atoms with Crippen molar-refractivity contribution in [2.75, 3.05) is 7.11 Å². The number of rotatable bonds is 4. The lowest BCUT2D eigenvalue weighted by molar-refractivity contribution is -0.136. The monoisotopic (exact) mass is 432 g/mol. The van der Waals surface area contributed by atoms with Gasteiger partial charge >= 0.3 is 12.0 Å². The molecule has 1 N–H and O–H groups in total. The average molecular weight is 433 g/mol. The van der Waals surface area contributed by atoms with E-state index in [1.54, 1.807) is 11.3 Å². The second-order valence-corrected chi connectivity index (χ2v) is 9.12. The standard InChI is InChI=1S/C25H24N2O3S/c1-30-24(28)23-19(22-13-17-9-5-6-10-21(17)31-22)14-18-11-12-20(23)27(18)25(29)26-15-16-7-3-2-4-8-16/h2-10,13,18,20H,11-12,14-15H2,1H3,(H,26,29)/t18-,20+/m0/s1.